The number of ether oxygens (including phenoxy) is 1. The van der Waals surface area contributed by atoms with E-state index in [1.165, 1.54) is 52.9 Å². The van der Waals surface area contributed by atoms with Gasteiger partial charge in [-0.3, -0.25) is 14.4 Å². The van der Waals surface area contributed by atoms with Crippen molar-refractivity contribution in [3.8, 4) is 17.1 Å². The number of benzene rings is 3. The van der Waals surface area contributed by atoms with Crippen molar-refractivity contribution in [2.45, 2.75) is 30.4 Å². The van der Waals surface area contributed by atoms with Crippen LogP contribution < -0.4 is 10.3 Å². The van der Waals surface area contributed by atoms with Crippen LogP contribution in [0.4, 0.5) is 4.39 Å². The number of carboxylic acid groups (broad SMARTS) is 1. The molecule has 0 fully saturated rings. The average Bonchev–Trinajstić information content (AvgIpc) is 3.06. The van der Waals surface area contributed by atoms with E-state index in [4.69, 9.17) is 16.3 Å². The van der Waals surface area contributed by atoms with Crippen molar-refractivity contribution in [2.24, 2.45) is 0 Å². The molecule has 0 radical (unpaired) electrons. The van der Waals surface area contributed by atoms with Crippen LogP contribution in [0, 0.1) is 5.82 Å². The monoisotopic (exact) mass is 673 g/mol. The Morgan fingerprint density at radius 3 is 2.17 bits per heavy atom. The maximum absolute atomic E-state index is 13.7. The Labute approximate surface area is 278 Å². The quantitative estimate of drug-likeness (QED) is 0.127. The number of thioether (sulfide) groups is 1. The molecule has 0 spiro atoms. The van der Waals surface area contributed by atoms with Crippen molar-refractivity contribution in [1.82, 2.24) is 24.4 Å². The summed E-state index contributed by atoms with van der Waals surface area (Å²) in [6, 6.07) is 21.0. The van der Waals surface area contributed by atoms with Gasteiger partial charge in [0.15, 0.2) is 5.16 Å². The molecule has 1 amide bonds. The minimum Gasteiger partial charge on any atom is -0.480 e. The zero-order valence-electron chi connectivity index (χ0n) is 25.2. The number of aromatic nitrogens is 4. The number of halogens is 2. The lowest BCUT2D eigenvalue weighted by Gasteiger charge is -2.23. The molecule has 0 aliphatic carbocycles. The molecular formula is C34H29ClFN5O5S. The van der Waals surface area contributed by atoms with Gasteiger partial charge in [-0.25, -0.2) is 14.4 Å². The van der Waals surface area contributed by atoms with Gasteiger partial charge < -0.3 is 19.3 Å². The van der Waals surface area contributed by atoms with Crippen LogP contribution in [-0.4, -0.2) is 55.1 Å². The normalized spacial score (nSPS) is 10.9. The number of carbonyl (C=O) groups is 2. The van der Waals surface area contributed by atoms with Crippen LogP contribution in [0.15, 0.2) is 101 Å². The van der Waals surface area contributed by atoms with Gasteiger partial charge >= 0.3 is 12.0 Å². The van der Waals surface area contributed by atoms with Gasteiger partial charge in [0, 0.05) is 47.9 Å². The summed E-state index contributed by atoms with van der Waals surface area (Å²) in [6.45, 7) is -0.755. The Bertz CT molecular complexity index is 1910. The minimum atomic E-state index is -1.17. The van der Waals surface area contributed by atoms with Crippen molar-refractivity contribution >= 4 is 35.2 Å². The highest BCUT2D eigenvalue weighted by Crippen LogP contribution is 2.24. The molecule has 5 rings (SSSR count). The number of rotatable bonds is 13. The van der Waals surface area contributed by atoms with E-state index < -0.39 is 24.0 Å². The molecule has 0 saturated carbocycles. The third-order valence-corrected chi connectivity index (χ3v) is 8.37. The number of hydrogen-bond acceptors (Lipinski definition) is 8. The predicted octanol–water partition coefficient (Wildman–Crippen LogP) is 5.50. The first-order valence-electron chi connectivity index (χ1n) is 14.3. The molecule has 1 N–H and O–H groups in total. The van der Waals surface area contributed by atoms with Gasteiger partial charge in [0.25, 0.3) is 5.56 Å². The number of aliphatic carboxylic acids is 1. The highest BCUT2D eigenvalue weighted by molar-refractivity contribution is 7.98. The van der Waals surface area contributed by atoms with Crippen molar-refractivity contribution in [1.29, 1.82) is 0 Å². The molecule has 0 atom stereocenters. The van der Waals surface area contributed by atoms with E-state index in [9.17, 15) is 23.9 Å². The maximum Gasteiger partial charge on any atom is 0.323 e. The van der Waals surface area contributed by atoms with E-state index in [0.717, 1.165) is 22.3 Å². The van der Waals surface area contributed by atoms with Crippen LogP contribution in [0.5, 0.6) is 6.01 Å². The van der Waals surface area contributed by atoms with Crippen LogP contribution >= 0.6 is 23.4 Å². The molecule has 0 saturated heterocycles. The summed E-state index contributed by atoms with van der Waals surface area (Å²) in [5, 5.41) is 10.5. The SMILES string of the molecule is COc1ncc(Cc2cn(CC(=O)N(CC(=O)O)Cc3ccc(-c4ccc(Cl)cc4)cc3)c(SCc3ccc(F)cc3)nc2=O)cn1. The molecule has 240 valence electrons. The van der Waals surface area contributed by atoms with E-state index in [2.05, 4.69) is 15.0 Å². The van der Waals surface area contributed by atoms with E-state index in [1.54, 1.807) is 30.5 Å². The van der Waals surface area contributed by atoms with Gasteiger partial charge in [0.2, 0.25) is 5.91 Å². The number of methoxy groups -OCH3 is 1. The van der Waals surface area contributed by atoms with Gasteiger partial charge in [-0.2, -0.15) is 4.98 Å². The number of carbonyl (C=O) groups excluding carboxylic acids is 1. The summed E-state index contributed by atoms with van der Waals surface area (Å²) >= 11 is 7.21. The third-order valence-electron chi connectivity index (χ3n) is 7.06. The van der Waals surface area contributed by atoms with Crippen LogP contribution in [0.2, 0.25) is 5.02 Å². The van der Waals surface area contributed by atoms with E-state index in [0.29, 0.717) is 21.9 Å². The fraction of sp³-hybridized carbons (Fsp3) is 0.176. The van der Waals surface area contributed by atoms with Crippen LogP contribution in [0.1, 0.15) is 22.3 Å². The summed E-state index contributed by atoms with van der Waals surface area (Å²) in [5.74, 6) is -1.67. The second-order valence-electron chi connectivity index (χ2n) is 10.5. The molecule has 0 aliphatic rings. The summed E-state index contributed by atoms with van der Waals surface area (Å²) in [4.78, 5) is 52.3. The molecule has 13 heteroatoms. The first-order valence-corrected chi connectivity index (χ1v) is 15.7. The van der Waals surface area contributed by atoms with E-state index in [-0.39, 0.29) is 36.5 Å². The lowest BCUT2D eigenvalue weighted by atomic mass is 10.0. The third kappa shape index (κ3) is 9.24. The van der Waals surface area contributed by atoms with Crippen molar-refractivity contribution < 1.29 is 23.8 Å². The summed E-state index contributed by atoms with van der Waals surface area (Å²) in [7, 11) is 1.45. The molecular weight excluding hydrogens is 645 g/mol. The summed E-state index contributed by atoms with van der Waals surface area (Å²) in [5.41, 5.74) is 3.86. The van der Waals surface area contributed by atoms with Crippen molar-refractivity contribution in [2.75, 3.05) is 13.7 Å². The Hall–Kier alpha value is -5.07. The van der Waals surface area contributed by atoms with Gasteiger partial charge in [-0.1, -0.05) is 71.9 Å². The van der Waals surface area contributed by atoms with Gasteiger partial charge in [-0.15, -0.1) is 0 Å². The average molecular weight is 674 g/mol. The summed E-state index contributed by atoms with van der Waals surface area (Å²) in [6.07, 6.45) is 4.76. The molecule has 0 bridgehead atoms. The number of nitrogens with zero attached hydrogens (tertiary/aromatic N) is 5. The molecule has 2 heterocycles. The first kappa shape index (κ1) is 33.3. The van der Waals surface area contributed by atoms with Crippen LogP contribution in [-0.2, 0) is 34.9 Å². The molecule has 0 unspecified atom stereocenters. The van der Waals surface area contributed by atoms with E-state index in [1.807, 2.05) is 36.4 Å². The number of amides is 1. The van der Waals surface area contributed by atoms with Gasteiger partial charge in [0.05, 0.1) is 7.11 Å². The minimum absolute atomic E-state index is 0.0494. The van der Waals surface area contributed by atoms with E-state index >= 15 is 0 Å². The molecule has 47 heavy (non-hydrogen) atoms. The Balaban J connectivity index is 1.39. The number of carboxylic acids is 1. The molecule has 2 aromatic heterocycles. The first-order chi connectivity index (χ1) is 22.7. The molecule has 10 nitrogen and oxygen atoms in total. The maximum atomic E-state index is 13.7. The van der Waals surface area contributed by atoms with Crippen molar-refractivity contribution in [3.63, 3.8) is 0 Å². The summed E-state index contributed by atoms with van der Waals surface area (Å²) < 4.78 is 20.0. The number of hydrogen-bond donors (Lipinski definition) is 1. The fourth-order valence-corrected chi connectivity index (χ4v) is 5.71. The van der Waals surface area contributed by atoms with Gasteiger partial charge in [-0.05, 0) is 52.1 Å². The Morgan fingerprint density at radius 2 is 1.55 bits per heavy atom. The largest absolute Gasteiger partial charge is 0.480 e. The van der Waals surface area contributed by atoms with Crippen LogP contribution in [0.3, 0.4) is 0 Å². The zero-order chi connectivity index (χ0) is 33.3. The standard InChI is InChI=1S/C34H29ClFN5O5S/c1-46-33-37-15-24(16-38-33)14-27-18-41(34(39-32(27)45)47-21-23-4-12-29(36)13-5-23)19-30(42)40(20-31(43)44)17-22-2-6-25(7-3-22)26-8-10-28(35)11-9-26/h2-13,15-16,18H,14,17,19-21H2,1H3,(H,43,44). The lowest BCUT2D eigenvalue weighted by molar-refractivity contribution is -0.145. The Morgan fingerprint density at radius 1 is 0.936 bits per heavy atom. The smallest absolute Gasteiger partial charge is 0.323 e. The predicted molar refractivity (Wildman–Crippen MR) is 176 cm³/mol. The lowest BCUT2D eigenvalue weighted by Crippen LogP contribution is -2.38. The van der Waals surface area contributed by atoms with Crippen molar-refractivity contribution in [3.05, 3.63) is 135 Å². The second-order valence-corrected chi connectivity index (χ2v) is 11.9. The van der Waals surface area contributed by atoms with Crippen LogP contribution in [0.25, 0.3) is 11.1 Å². The molecule has 3 aromatic carbocycles. The second kappa shape index (κ2) is 15.5. The zero-order valence-corrected chi connectivity index (χ0v) is 26.7. The highest BCUT2D eigenvalue weighted by atomic mass is 35.5. The molecule has 5 aromatic rings. The highest BCUT2D eigenvalue weighted by Gasteiger charge is 2.20. The fourth-order valence-electron chi connectivity index (χ4n) is 4.67. The molecule has 0 aliphatic heterocycles. The van der Waals surface area contributed by atoms with Gasteiger partial charge in [0.1, 0.15) is 18.9 Å². The Kier molecular flexibility index (Phi) is 11.0. The topological polar surface area (TPSA) is 128 Å².